The minimum atomic E-state index is -0.453. The van der Waals surface area contributed by atoms with Crippen LogP contribution in [0, 0.1) is 31.0 Å². The van der Waals surface area contributed by atoms with Crippen molar-refractivity contribution in [3.05, 3.63) is 57.8 Å². The van der Waals surface area contributed by atoms with Crippen LogP contribution in [0.5, 0.6) is 5.75 Å². The molecule has 0 saturated heterocycles. The molecule has 0 aliphatic heterocycles. The number of benzene rings is 2. The second-order valence-electron chi connectivity index (χ2n) is 8.17. The summed E-state index contributed by atoms with van der Waals surface area (Å²) in [5.41, 5.74) is 5.01. The largest absolute Gasteiger partial charge is 0.508 e. The molecule has 30 heavy (non-hydrogen) atoms. The molecule has 0 saturated carbocycles. The molecule has 1 heterocycles. The van der Waals surface area contributed by atoms with Crippen molar-refractivity contribution in [3.8, 4) is 29.4 Å². The van der Waals surface area contributed by atoms with Crippen LogP contribution < -0.4 is 10.4 Å². The summed E-state index contributed by atoms with van der Waals surface area (Å²) in [6, 6.07) is 6.20. The number of hydrogen-bond donors (Lipinski definition) is 1. The van der Waals surface area contributed by atoms with Crippen LogP contribution in [-0.4, -0.2) is 10.1 Å². The lowest BCUT2D eigenvalue weighted by Gasteiger charge is -2.15. The van der Waals surface area contributed by atoms with Gasteiger partial charge in [-0.25, -0.2) is 4.39 Å². The molecule has 0 aliphatic carbocycles. The molecule has 1 N–H and O–H groups in total. The Morgan fingerprint density at radius 2 is 1.93 bits per heavy atom. The molecule has 0 bridgehead atoms. The van der Waals surface area contributed by atoms with E-state index in [1.807, 2.05) is 13.1 Å². The fraction of sp³-hybridized carbons (Fsp3) is 0.296. The second kappa shape index (κ2) is 8.32. The second-order valence-corrected chi connectivity index (χ2v) is 8.17. The first-order valence-corrected chi connectivity index (χ1v) is 10.3. The molecule has 1 aromatic heterocycles. The van der Waals surface area contributed by atoms with Crippen LogP contribution in [0.2, 0.25) is 0 Å². The van der Waals surface area contributed by atoms with Crippen LogP contribution in [0.1, 0.15) is 52.2 Å². The zero-order chi connectivity index (χ0) is 22.2. The third-order valence-electron chi connectivity index (χ3n) is 6.05. The van der Waals surface area contributed by atoms with Crippen molar-refractivity contribution in [1.29, 1.82) is 0 Å². The first-order valence-electron chi connectivity index (χ1n) is 10.3. The fourth-order valence-corrected chi connectivity index (χ4v) is 4.15. The Bertz CT molecular complexity index is 1310. The minimum absolute atomic E-state index is 0.0958. The average molecular weight is 402 g/mol. The number of rotatable bonds is 3. The first kappa shape index (κ1) is 21.6. The van der Waals surface area contributed by atoms with Gasteiger partial charge in [0.1, 0.15) is 11.6 Å². The topological polar surface area (TPSA) is 33.1 Å². The summed E-state index contributed by atoms with van der Waals surface area (Å²) in [5.74, 6) is 2.57. The third kappa shape index (κ3) is 3.59. The van der Waals surface area contributed by atoms with Crippen molar-refractivity contribution in [3.63, 3.8) is 0 Å². The van der Waals surface area contributed by atoms with E-state index in [0.29, 0.717) is 27.9 Å². The van der Waals surface area contributed by atoms with Crippen LogP contribution >= 0.6 is 0 Å². The molecule has 0 radical (unpaired) electrons. The summed E-state index contributed by atoms with van der Waals surface area (Å²) in [5, 5.41) is 13.9. The van der Waals surface area contributed by atoms with E-state index in [4.69, 9.17) is 11.4 Å². The molecular formula is C27H28FNO. The minimum Gasteiger partial charge on any atom is -0.508 e. The number of hydrogen-bond acceptors (Lipinski definition) is 2. The van der Waals surface area contributed by atoms with Crippen LogP contribution in [0.15, 0.2) is 30.5 Å². The highest BCUT2D eigenvalue weighted by atomic mass is 19.1. The maximum absolute atomic E-state index is 14.5. The number of phenols is 1. The van der Waals surface area contributed by atoms with Gasteiger partial charge in [-0.15, -0.1) is 6.42 Å². The molecule has 0 amide bonds. The molecule has 0 aliphatic rings. The number of terminal acetylenes is 1. The zero-order valence-corrected chi connectivity index (χ0v) is 18.5. The van der Waals surface area contributed by atoms with Gasteiger partial charge in [0.25, 0.3) is 0 Å². The van der Waals surface area contributed by atoms with Crippen molar-refractivity contribution < 1.29 is 9.50 Å². The molecule has 2 aromatic carbocycles. The van der Waals surface area contributed by atoms with Gasteiger partial charge in [-0.3, -0.25) is 4.98 Å². The standard InChI is InChI=1S/C27H28FNO/c1-8-16(5)17(6)23-14-29-27(18(7)25(23)15(3)4)22-13-20(30)12-19-10-11-24(28)21(9-2)26(19)22/h2,10-14,16,30H,8H2,1,3-7H3/b23-17-. The number of phenolic OH excluding ortho intramolecular Hbond substituents is 1. The van der Waals surface area contributed by atoms with E-state index in [2.05, 4.69) is 40.5 Å². The summed E-state index contributed by atoms with van der Waals surface area (Å²) in [4.78, 5) is 4.79. The first-order chi connectivity index (χ1) is 14.2. The van der Waals surface area contributed by atoms with Crippen LogP contribution in [0.4, 0.5) is 4.39 Å². The van der Waals surface area contributed by atoms with Gasteiger partial charge in [-0.2, -0.15) is 0 Å². The Balaban J connectivity index is 2.53. The van der Waals surface area contributed by atoms with Gasteiger partial charge >= 0.3 is 0 Å². The highest BCUT2D eigenvalue weighted by molar-refractivity contribution is 6.01. The van der Waals surface area contributed by atoms with Crippen molar-refractivity contribution in [2.75, 3.05) is 0 Å². The third-order valence-corrected chi connectivity index (χ3v) is 6.05. The number of aromatic nitrogens is 1. The summed E-state index contributed by atoms with van der Waals surface area (Å²) in [7, 11) is 0. The number of aromatic hydroxyl groups is 1. The van der Waals surface area contributed by atoms with Crippen LogP contribution in [0.3, 0.4) is 0 Å². The Labute approximate surface area is 177 Å². The SMILES string of the molecule is C#Cc1c(F)ccc2cc(O)cc(-c3nc/c(=C(\C)C(C)CC)c(=C(C)C)c3C)c12. The quantitative estimate of drug-likeness (QED) is 0.593. The molecule has 0 spiro atoms. The predicted octanol–water partition coefficient (Wildman–Crippen LogP) is 5.44. The molecule has 3 aromatic rings. The van der Waals surface area contributed by atoms with E-state index in [1.54, 1.807) is 18.2 Å². The summed E-state index contributed by atoms with van der Waals surface area (Å²) in [6.07, 6.45) is 8.60. The maximum Gasteiger partial charge on any atom is 0.139 e. The molecule has 3 heteroatoms. The zero-order valence-electron chi connectivity index (χ0n) is 18.5. The van der Waals surface area contributed by atoms with E-state index in [-0.39, 0.29) is 11.3 Å². The fourth-order valence-electron chi connectivity index (χ4n) is 4.15. The Kier molecular flexibility index (Phi) is 5.99. The lowest BCUT2D eigenvalue weighted by atomic mass is 9.91. The maximum atomic E-state index is 14.5. The van der Waals surface area contributed by atoms with Gasteiger partial charge in [0.2, 0.25) is 0 Å². The van der Waals surface area contributed by atoms with Gasteiger partial charge in [-0.05, 0) is 79.6 Å². The van der Waals surface area contributed by atoms with E-state index >= 15 is 0 Å². The van der Waals surface area contributed by atoms with Gasteiger partial charge in [0.15, 0.2) is 0 Å². The molecule has 0 fully saturated rings. The van der Waals surface area contributed by atoms with E-state index in [0.717, 1.165) is 22.4 Å². The highest BCUT2D eigenvalue weighted by Gasteiger charge is 2.17. The Hall–Kier alpha value is -3.12. The molecule has 2 nitrogen and oxygen atoms in total. The molecular weight excluding hydrogens is 373 g/mol. The normalized spacial score (nSPS) is 13.1. The predicted molar refractivity (Wildman–Crippen MR) is 124 cm³/mol. The van der Waals surface area contributed by atoms with Gasteiger partial charge in [0.05, 0.1) is 11.3 Å². The van der Waals surface area contributed by atoms with Gasteiger partial charge < -0.3 is 5.11 Å². The van der Waals surface area contributed by atoms with Crippen molar-refractivity contribution >= 4 is 21.9 Å². The van der Waals surface area contributed by atoms with E-state index in [9.17, 15) is 9.50 Å². The van der Waals surface area contributed by atoms with Gasteiger partial charge in [-0.1, -0.05) is 37.0 Å². The summed E-state index contributed by atoms with van der Waals surface area (Å²) >= 11 is 0. The van der Waals surface area contributed by atoms with Crippen LogP contribution in [-0.2, 0) is 0 Å². The smallest absolute Gasteiger partial charge is 0.139 e. The summed E-state index contributed by atoms with van der Waals surface area (Å²) in [6.45, 7) is 12.8. The highest BCUT2D eigenvalue weighted by Crippen LogP contribution is 2.35. The van der Waals surface area contributed by atoms with E-state index < -0.39 is 5.82 Å². The number of fused-ring (bicyclic) bond motifs is 1. The molecule has 1 atom stereocenters. The lowest BCUT2D eigenvalue weighted by molar-refractivity contribution is 0.476. The number of halogens is 1. The van der Waals surface area contributed by atoms with Crippen molar-refractivity contribution in [2.24, 2.45) is 5.92 Å². The van der Waals surface area contributed by atoms with Crippen molar-refractivity contribution in [2.45, 2.75) is 48.0 Å². The number of nitrogens with zero attached hydrogens (tertiary/aromatic N) is 1. The van der Waals surface area contributed by atoms with Crippen molar-refractivity contribution in [1.82, 2.24) is 4.98 Å². The monoisotopic (exact) mass is 401 g/mol. The number of pyridine rings is 1. The Morgan fingerprint density at radius 3 is 2.53 bits per heavy atom. The molecule has 3 rings (SSSR count). The summed E-state index contributed by atoms with van der Waals surface area (Å²) < 4.78 is 14.5. The Morgan fingerprint density at radius 1 is 1.23 bits per heavy atom. The lowest BCUT2D eigenvalue weighted by Crippen LogP contribution is -2.33. The van der Waals surface area contributed by atoms with Gasteiger partial charge in [0, 0.05) is 17.1 Å². The average Bonchev–Trinajstić information content (AvgIpc) is 2.71. The van der Waals surface area contributed by atoms with E-state index in [1.165, 1.54) is 17.2 Å². The molecule has 1 unspecified atom stereocenters. The molecule has 154 valence electrons. The van der Waals surface area contributed by atoms with Crippen LogP contribution in [0.25, 0.3) is 33.2 Å².